The summed E-state index contributed by atoms with van der Waals surface area (Å²) in [5.41, 5.74) is 6.21. The maximum Gasteiger partial charge on any atom is 0.127 e. The molecule has 0 heterocycles. The van der Waals surface area contributed by atoms with Crippen LogP contribution >= 0.6 is 0 Å². The summed E-state index contributed by atoms with van der Waals surface area (Å²) in [5, 5.41) is 0. The van der Waals surface area contributed by atoms with Crippen molar-refractivity contribution in [3.05, 3.63) is 35.6 Å². The highest BCUT2D eigenvalue weighted by Gasteiger charge is 1.97. The van der Waals surface area contributed by atoms with Crippen LogP contribution in [0.2, 0.25) is 0 Å². The molecule has 0 amide bonds. The number of hydrazine groups is 1. The van der Waals surface area contributed by atoms with Crippen molar-refractivity contribution in [3.63, 3.8) is 0 Å². The molecule has 3 heteroatoms. The fourth-order valence-corrected chi connectivity index (χ4v) is 0.825. The van der Waals surface area contributed by atoms with E-state index in [1.54, 1.807) is 19.2 Å². The van der Waals surface area contributed by atoms with E-state index in [0.29, 0.717) is 12.1 Å². The second-order valence-corrected chi connectivity index (χ2v) is 2.19. The van der Waals surface area contributed by atoms with Crippen LogP contribution in [0.25, 0.3) is 0 Å². The number of hydrogen-bond acceptors (Lipinski definition) is 2. The van der Waals surface area contributed by atoms with Gasteiger partial charge < -0.3 is 0 Å². The van der Waals surface area contributed by atoms with Gasteiger partial charge in [0.05, 0.1) is 0 Å². The minimum Gasteiger partial charge on any atom is -0.261 e. The number of halogens is 1. The lowest BCUT2D eigenvalue weighted by molar-refractivity contribution is 0.555. The maximum atomic E-state index is 12.8. The van der Waals surface area contributed by atoms with Crippen LogP contribution in [0.15, 0.2) is 24.3 Å². The highest BCUT2D eigenvalue weighted by molar-refractivity contribution is 5.16. The second-order valence-electron chi connectivity index (χ2n) is 2.19. The molecule has 60 valence electrons. The Kier molecular flexibility index (Phi) is 3.01. The Morgan fingerprint density at radius 2 is 2.09 bits per heavy atom. The lowest BCUT2D eigenvalue weighted by Crippen LogP contribution is -2.26. The molecule has 11 heavy (non-hydrogen) atoms. The summed E-state index contributed by atoms with van der Waals surface area (Å²) >= 11 is 0. The van der Waals surface area contributed by atoms with Crippen LogP contribution in [0, 0.1) is 5.82 Å². The van der Waals surface area contributed by atoms with E-state index in [1.165, 1.54) is 6.07 Å². The van der Waals surface area contributed by atoms with E-state index in [1.807, 2.05) is 6.07 Å². The van der Waals surface area contributed by atoms with Crippen LogP contribution in [0.4, 0.5) is 4.39 Å². The van der Waals surface area contributed by atoms with Crippen molar-refractivity contribution in [3.8, 4) is 0 Å². The zero-order chi connectivity index (χ0) is 8.10. The Hall–Kier alpha value is -0.930. The quantitative estimate of drug-likeness (QED) is 0.636. The first kappa shape index (κ1) is 8.17. The average Bonchev–Trinajstić information content (AvgIpc) is 2.03. The van der Waals surface area contributed by atoms with E-state index in [0.717, 1.165) is 0 Å². The van der Waals surface area contributed by atoms with Gasteiger partial charge >= 0.3 is 0 Å². The highest BCUT2D eigenvalue weighted by Crippen LogP contribution is 2.04. The first-order chi connectivity index (χ1) is 5.34. The smallest absolute Gasteiger partial charge is 0.127 e. The van der Waals surface area contributed by atoms with Gasteiger partial charge in [-0.25, -0.2) is 4.39 Å². The highest BCUT2D eigenvalue weighted by atomic mass is 19.1. The van der Waals surface area contributed by atoms with Gasteiger partial charge in [0.1, 0.15) is 5.82 Å². The van der Waals surface area contributed by atoms with Crippen LogP contribution < -0.4 is 10.9 Å². The Morgan fingerprint density at radius 3 is 2.73 bits per heavy atom. The minimum absolute atomic E-state index is 0.171. The third-order valence-corrected chi connectivity index (χ3v) is 1.41. The fourth-order valence-electron chi connectivity index (χ4n) is 0.825. The Balaban J connectivity index is 2.62. The monoisotopic (exact) mass is 154 g/mol. The summed E-state index contributed by atoms with van der Waals surface area (Å²) in [7, 11) is 1.75. The molecule has 0 unspecified atom stereocenters. The molecular weight excluding hydrogens is 143 g/mol. The third-order valence-electron chi connectivity index (χ3n) is 1.41. The molecule has 1 aromatic carbocycles. The Morgan fingerprint density at radius 1 is 1.36 bits per heavy atom. The first-order valence-electron chi connectivity index (χ1n) is 3.47. The predicted molar refractivity (Wildman–Crippen MR) is 42.3 cm³/mol. The molecule has 0 atom stereocenters. The molecule has 0 saturated heterocycles. The van der Waals surface area contributed by atoms with E-state index in [4.69, 9.17) is 0 Å². The molecular formula is C8H11FN2. The van der Waals surface area contributed by atoms with Crippen LogP contribution in [0.3, 0.4) is 0 Å². The number of nitrogens with one attached hydrogen (secondary N) is 2. The standard InChI is InChI=1S/C8H11FN2/c1-10-11-6-7-4-2-3-5-8(7)9/h2-5,10-11H,6H2,1H3. The van der Waals surface area contributed by atoms with E-state index >= 15 is 0 Å². The van der Waals surface area contributed by atoms with Gasteiger partial charge in [0.15, 0.2) is 0 Å². The van der Waals surface area contributed by atoms with Crippen LogP contribution in [0.1, 0.15) is 5.56 Å². The van der Waals surface area contributed by atoms with E-state index in [2.05, 4.69) is 10.9 Å². The summed E-state index contributed by atoms with van der Waals surface area (Å²) in [6, 6.07) is 6.69. The summed E-state index contributed by atoms with van der Waals surface area (Å²) in [6.07, 6.45) is 0. The molecule has 0 aliphatic carbocycles. The lowest BCUT2D eigenvalue weighted by Gasteiger charge is -2.02. The Bertz CT molecular complexity index is 225. The van der Waals surface area contributed by atoms with Gasteiger partial charge in [0.25, 0.3) is 0 Å². The zero-order valence-electron chi connectivity index (χ0n) is 6.39. The average molecular weight is 154 g/mol. The van der Waals surface area contributed by atoms with Crippen molar-refractivity contribution >= 4 is 0 Å². The van der Waals surface area contributed by atoms with Crippen LogP contribution in [-0.4, -0.2) is 7.05 Å². The largest absolute Gasteiger partial charge is 0.261 e. The third kappa shape index (κ3) is 2.29. The van der Waals surface area contributed by atoms with Crippen molar-refractivity contribution in [1.82, 2.24) is 10.9 Å². The number of hydrogen-bond donors (Lipinski definition) is 2. The zero-order valence-corrected chi connectivity index (χ0v) is 6.39. The van der Waals surface area contributed by atoms with E-state index < -0.39 is 0 Å². The number of benzene rings is 1. The molecule has 0 fully saturated rings. The SMILES string of the molecule is CNNCc1ccccc1F. The molecule has 0 bridgehead atoms. The fraction of sp³-hybridized carbons (Fsp3) is 0.250. The van der Waals surface area contributed by atoms with Crippen LogP contribution in [0.5, 0.6) is 0 Å². The predicted octanol–water partition coefficient (Wildman–Crippen LogP) is 1.05. The molecule has 0 radical (unpaired) electrons. The van der Waals surface area contributed by atoms with E-state index in [9.17, 15) is 4.39 Å². The van der Waals surface area contributed by atoms with Crippen LogP contribution in [-0.2, 0) is 6.54 Å². The van der Waals surface area contributed by atoms with Gasteiger partial charge in [0, 0.05) is 12.1 Å². The van der Waals surface area contributed by atoms with Gasteiger partial charge in [-0.1, -0.05) is 18.2 Å². The minimum atomic E-state index is -0.171. The van der Waals surface area contributed by atoms with Crippen molar-refractivity contribution in [2.24, 2.45) is 0 Å². The first-order valence-corrected chi connectivity index (χ1v) is 3.47. The molecule has 0 saturated carbocycles. The van der Waals surface area contributed by atoms with Crippen molar-refractivity contribution in [2.75, 3.05) is 7.05 Å². The van der Waals surface area contributed by atoms with Crippen molar-refractivity contribution < 1.29 is 4.39 Å². The molecule has 1 aromatic rings. The molecule has 0 spiro atoms. The molecule has 2 N–H and O–H groups in total. The van der Waals surface area contributed by atoms with Crippen molar-refractivity contribution in [1.29, 1.82) is 0 Å². The summed E-state index contributed by atoms with van der Waals surface area (Å²) in [4.78, 5) is 0. The summed E-state index contributed by atoms with van der Waals surface area (Å²) in [5.74, 6) is -0.171. The maximum absolute atomic E-state index is 12.8. The van der Waals surface area contributed by atoms with Gasteiger partial charge in [-0.2, -0.15) is 0 Å². The van der Waals surface area contributed by atoms with E-state index in [-0.39, 0.29) is 5.82 Å². The second kappa shape index (κ2) is 4.05. The number of rotatable bonds is 3. The normalized spacial score (nSPS) is 10.0. The topological polar surface area (TPSA) is 24.1 Å². The molecule has 0 aliphatic heterocycles. The molecule has 2 nitrogen and oxygen atoms in total. The summed E-state index contributed by atoms with van der Waals surface area (Å²) < 4.78 is 12.8. The molecule has 1 rings (SSSR count). The Labute approximate surface area is 65.4 Å². The van der Waals surface area contributed by atoms with Gasteiger partial charge in [-0.3, -0.25) is 10.9 Å². The summed E-state index contributed by atoms with van der Waals surface area (Å²) in [6.45, 7) is 0.503. The molecule has 0 aliphatic rings. The van der Waals surface area contributed by atoms with Gasteiger partial charge in [0.2, 0.25) is 0 Å². The lowest BCUT2D eigenvalue weighted by atomic mass is 10.2. The van der Waals surface area contributed by atoms with Gasteiger partial charge in [-0.15, -0.1) is 0 Å². The van der Waals surface area contributed by atoms with Crippen molar-refractivity contribution in [2.45, 2.75) is 6.54 Å². The van der Waals surface area contributed by atoms with Gasteiger partial charge in [-0.05, 0) is 13.1 Å². The molecule has 0 aromatic heterocycles.